The van der Waals surface area contributed by atoms with Gasteiger partial charge >= 0.3 is 0 Å². The molecular weight excluding hydrogens is 377 g/mol. The first kappa shape index (κ1) is 20.0. The molecule has 7 heteroatoms. The van der Waals surface area contributed by atoms with Gasteiger partial charge in [0.2, 0.25) is 0 Å². The molecule has 3 heterocycles. The monoisotopic (exact) mass is 399 g/mol. The number of fused-ring (bicyclic) bond motifs is 1. The number of hydrogen-bond acceptors (Lipinski definition) is 5. The van der Waals surface area contributed by atoms with Crippen LogP contribution in [0.25, 0.3) is 10.2 Å². The maximum atomic E-state index is 6.26. The summed E-state index contributed by atoms with van der Waals surface area (Å²) in [5.41, 5.74) is 3.18. The maximum absolute atomic E-state index is 6.26. The maximum Gasteiger partial charge on any atom is 0.131 e. The lowest BCUT2D eigenvalue weighted by Gasteiger charge is -2.19. The summed E-state index contributed by atoms with van der Waals surface area (Å²) in [6, 6.07) is 6.03. The normalized spacial score (nSPS) is 12.4. The average Bonchev–Trinajstić information content (AvgIpc) is 3.15. The van der Waals surface area contributed by atoms with Crippen LogP contribution in [-0.4, -0.2) is 12.0 Å². The van der Waals surface area contributed by atoms with Crippen LogP contribution in [0.3, 0.4) is 0 Å². The van der Waals surface area contributed by atoms with Gasteiger partial charge in [0.05, 0.1) is 28.7 Å². The van der Waals surface area contributed by atoms with Gasteiger partial charge in [0.1, 0.15) is 10.9 Å². The van der Waals surface area contributed by atoms with Crippen LogP contribution in [0.2, 0.25) is 5.15 Å². The highest BCUT2D eigenvalue weighted by Crippen LogP contribution is 2.40. The molecule has 0 aromatic carbocycles. The van der Waals surface area contributed by atoms with Crippen LogP contribution < -0.4 is 10.6 Å². The second kappa shape index (κ2) is 8.41. The summed E-state index contributed by atoms with van der Waals surface area (Å²) in [4.78, 5) is 5.88. The smallest absolute Gasteiger partial charge is 0.131 e. The van der Waals surface area contributed by atoms with Crippen molar-refractivity contribution >= 4 is 51.2 Å². The van der Waals surface area contributed by atoms with Crippen LogP contribution in [0.15, 0.2) is 28.9 Å². The van der Waals surface area contributed by atoms with Gasteiger partial charge < -0.3 is 15.1 Å². The van der Waals surface area contributed by atoms with E-state index < -0.39 is 0 Å². The minimum Gasteiger partial charge on any atom is -0.467 e. The summed E-state index contributed by atoms with van der Waals surface area (Å²) in [5, 5.41) is 7.35. The fourth-order valence-corrected chi connectivity index (χ4v) is 4.67. The highest BCUT2D eigenvalue weighted by Gasteiger charge is 2.22. The van der Waals surface area contributed by atoms with Crippen LogP contribution in [0.4, 0.5) is 5.69 Å². The Morgan fingerprint density at radius 3 is 2.72 bits per heavy atom. The molecule has 0 aliphatic heterocycles. The van der Waals surface area contributed by atoms with Gasteiger partial charge in [-0.15, -0.1) is 23.7 Å². The largest absolute Gasteiger partial charge is 0.467 e. The van der Waals surface area contributed by atoms with E-state index in [9.17, 15) is 0 Å². The van der Waals surface area contributed by atoms with Crippen molar-refractivity contribution in [1.82, 2.24) is 10.3 Å². The number of halogens is 2. The van der Waals surface area contributed by atoms with Gasteiger partial charge in [0.15, 0.2) is 0 Å². The molecule has 3 aromatic heterocycles. The van der Waals surface area contributed by atoms with Crippen LogP contribution in [0, 0.1) is 12.8 Å². The number of rotatable bonds is 6. The molecule has 0 spiro atoms. The van der Waals surface area contributed by atoms with Gasteiger partial charge in [-0.3, -0.25) is 0 Å². The Morgan fingerprint density at radius 1 is 1.36 bits per heavy atom. The van der Waals surface area contributed by atoms with Crippen molar-refractivity contribution in [3.8, 4) is 0 Å². The molecule has 0 saturated heterocycles. The van der Waals surface area contributed by atoms with Crippen molar-refractivity contribution in [2.75, 3.05) is 12.4 Å². The number of aromatic nitrogens is 1. The number of nitrogens with zero attached hydrogens (tertiary/aromatic N) is 1. The molecular formula is C18H23Cl2N3OS. The lowest BCUT2D eigenvalue weighted by atomic mass is 10.0. The molecule has 0 unspecified atom stereocenters. The Balaban J connectivity index is 0.00000225. The van der Waals surface area contributed by atoms with Gasteiger partial charge in [-0.25, -0.2) is 4.98 Å². The first-order valence-electron chi connectivity index (χ1n) is 8.04. The van der Waals surface area contributed by atoms with E-state index in [-0.39, 0.29) is 12.4 Å². The zero-order valence-corrected chi connectivity index (χ0v) is 17.1. The second-order valence-corrected chi connectivity index (χ2v) is 7.64. The highest BCUT2D eigenvalue weighted by molar-refractivity contribution is 7.20. The number of anilines is 1. The van der Waals surface area contributed by atoms with Gasteiger partial charge in [-0.2, -0.15) is 0 Å². The summed E-state index contributed by atoms with van der Waals surface area (Å²) in [6.45, 7) is 7.19. The zero-order chi connectivity index (χ0) is 17.3. The summed E-state index contributed by atoms with van der Waals surface area (Å²) in [7, 11) is 2.00. The standard InChI is InChI=1S/C18H22ClN3OS.ClH/c1-10(2)15(20-4)17-11(3)16-18(24-17)13(8-14(19)22-16)21-9-12-6-5-7-23-12;/h5-8,10,15,20H,9H2,1-4H3,(H,21,22);1H/t15-;/m0./s1. The number of nitrogens with one attached hydrogen (secondary N) is 2. The van der Waals surface area contributed by atoms with Gasteiger partial charge in [0, 0.05) is 17.0 Å². The summed E-state index contributed by atoms with van der Waals surface area (Å²) in [5.74, 6) is 1.39. The zero-order valence-electron chi connectivity index (χ0n) is 14.7. The van der Waals surface area contributed by atoms with E-state index in [0.717, 1.165) is 21.7 Å². The van der Waals surface area contributed by atoms with E-state index >= 15 is 0 Å². The van der Waals surface area contributed by atoms with E-state index in [0.29, 0.717) is 23.7 Å². The van der Waals surface area contributed by atoms with Crippen molar-refractivity contribution in [3.63, 3.8) is 0 Å². The molecule has 4 nitrogen and oxygen atoms in total. The topological polar surface area (TPSA) is 50.1 Å². The van der Waals surface area contributed by atoms with Crippen LogP contribution >= 0.6 is 35.3 Å². The minimum atomic E-state index is 0. The Morgan fingerprint density at radius 2 is 2.12 bits per heavy atom. The third kappa shape index (κ3) is 4.11. The number of furan rings is 1. The highest BCUT2D eigenvalue weighted by atomic mass is 35.5. The number of thiophene rings is 1. The summed E-state index contributed by atoms with van der Waals surface area (Å²) < 4.78 is 6.53. The van der Waals surface area contributed by atoms with Crippen molar-refractivity contribution < 1.29 is 4.42 Å². The molecule has 3 aromatic rings. The van der Waals surface area contributed by atoms with E-state index in [2.05, 4.69) is 36.4 Å². The molecule has 3 rings (SSSR count). The van der Waals surface area contributed by atoms with Gasteiger partial charge in [0.25, 0.3) is 0 Å². The van der Waals surface area contributed by atoms with E-state index in [1.54, 1.807) is 17.6 Å². The minimum absolute atomic E-state index is 0. The number of aryl methyl sites for hydroxylation is 1. The quantitative estimate of drug-likeness (QED) is 0.514. The molecule has 2 N–H and O–H groups in total. The average molecular weight is 400 g/mol. The first-order valence-corrected chi connectivity index (χ1v) is 9.23. The van der Waals surface area contributed by atoms with Gasteiger partial charge in [-0.05, 0) is 37.6 Å². The third-order valence-electron chi connectivity index (χ3n) is 4.17. The fourth-order valence-electron chi connectivity index (χ4n) is 2.95. The molecule has 0 amide bonds. The molecule has 0 aliphatic rings. The second-order valence-electron chi connectivity index (χ2n) is 6.20. The molecule has 0 aliphatic carbocycles. The molecule has 25 heavy (non-hydrogen) atoms. The molecule has 1 atom stereocenters. The molecule has 136 valence electrons. The Kier molecular flexibility index (Phi) is 6.74. The lowest BCUT2D eigenvalue weighted by molar-refractivity contribution is 0.448. The Hall–Kier alpha value is -1.27. The van der Waals surface area contributed by atoms with E-state index in [1.807, 2.05) is 25.2 Å². The van der Waals surface area contributed by atoms with Crippen molar-refractivity contribution in [1.29, 1.82) is 0 Å². The first-order chi connectivity index (χ1) is 11.5. The SMILES string of the molecule is CN[C@H](c1sc2c(NCc3ccco3)cc(Cl)nc2c1C)C(C)C.Cl. The summed E-state index contributed by atoms with van der Waals surface area (Å²) in [6.07, 6.45) is 1.68. The van der Waals surface area contributed by atoms with Crippen molar-refractivity contribution in [2.24, 2.45) is 5.92 Å². The van der Waals surface area contributed by atoms with Crippen LogP contribution in [0.1, 0.15) is 36.1 Å². The van der Waals surface area contributed by atoms with Crippen LogP contribution in [0.5, 0.6) is 0 Å². The predicted octanol–water partition coefficient (Wildman–Crippen LogP) is 5.80. The Bertz CT molecular complexity index is 831. The number of pyridine rings is 1. The molecule has 0 radical (unpaired) electrons. The number of hydrogen-bond donors (Lipinski definition) is 2. The molecule has 0 saturated carbocycles. The Labute approximate surface area is 163 Å². The van der Waals surface area contributed by atoms with Crippen LogP contribution in [-0.2, 0) is 6.54 Å². The van der Waals surface area contributed by atoms with E-state index in [4.69, 9.17) is 16.0 Å². The summed E-state index contributed by atoms with van der Waals surface area (Å²) >= 11 is 8.04. The fraction of sp³-hybridized carbons (Fsp3) is 0.389. The van der Waals surface area contributed by atoms with Gasteiger partial charge in [-0.1, -0.05) is 25.4 Å². The lowest BCUT2D eigenvalue weighted by Crippen LogP contribution is -2.21. The predicted molar refractivity (Wildman–Crippen MR) is 109 cm³/mol. The molecule has 0 fully saturated rings. The van der Waals surface area contributed by atoms with E-state index in [1.165, 1.54) is 10.4 Å². The third-order valence-corrected chi connectivity index (χ3v) is 5.76. The molecule has 0 bridgehead atoms. The van der Waals surface area contributed by atoms with Crippen molar-refractivity contribution in [2.45, 2.75) is 33.4 Å². The van der Waals surface area contributed by atoms with Crippen molar-refractivity contribution in [3.05, 3.63) is 45.8 Å².